The number of nitrogens with zero attached hydrogens (tertiary/aromatic N) is 1. The summed E-state index contributed by atoms with van der Waals surface area (Å²) in [7, 11) is 0. The summed E-state index contributed by atoms with van der Waals surface area (Å²) in [5.41, 5.74) is 2.55. The van der Waals surface area contributed by atoms with Gasteiger partial charge < -0.3 is 34.8 Å². The molecule has 9 heteroatoms. The van der Waals surface area contributed by atoms with Crippen molar-refractivity contribution in [3.8, 4) is 5.75 Å². The van der Waals surface area contributed by atoms with Crippen LogP contribution in [0.4, 0.5) is 0 Å². The number of aliphatic hydroxyl groups excluding tert-OH is 3. The highest BCUT2D eigenvalue weighted by atomic mass is 35.5. The maximum atomic E-state index is 11.2. The van der Waals surface area contributed by atoms with Crippen molar-refractivity contribution in [3.63, 3.8) is 0 Å². The Morgan fingerprint density at radius 2 is 1.75 bits per heavy atom. The van der Waals surface area contributed by atoms with Gasteiger partial charge in [-0.15, -0.1) is 0 Å². The van der Waals surface area contributed by atoms with E-state index in [4.69, 9.17) is 21.1 Å². The summed E-state index contributed by atoms with van der Waals surface area (Å²) < 4.78 is 11.7. The molecule has 0 bridgehead atoms. The van der Waals surface area contributed by atoms with Crippen LogP contribution in [0.3, 0.4) is 0 Å². The predicted molar refractivity (Wildman–Crippen MR) is 134 cm³/mol. The molecule has 2 aliphatic heterocycles. The molecule has 0 unspecified atom stereocenters. The Labute approximate surface area is 216 Å². The molecule has 2 aromatic rings. The number of rotatable bonds is 8. The first-order valence-corrected chi connectivity index (χ1v) is 12.8. The van der Waals surface area contributed by atoms with E-state index in [2.05, 4.69) is 0 Å². The number of halogens is 1. The Morgan fingerprint density at radius 3 is 2.39 bits per heavy atom. The highest BCUT2D eigenvalue weighted by Gasteiger charge is 2.45. The van der Waals surface area contributed by atoms with E-state index >= 15 is 0 Å². The molecular weight excluding hydrogens is 486 g/mol. The molecule has 2 aromatic carbocycles. The lowest BCUT2D eigenvalue weighted by atomic mass is 9.89. The summed E-state index contributed by atoms with van der Waals surface area (Å²) in [5.74, 6) is -0.349. The number of hydrogen-bond donors (Lipinski definition) is 4. The fraction of sp³-hybridized carbons (Fsp3) is 0.519. The van der Waals surface area contributed by atoms with Crippen LogP contribution in [0.1, 0.15) is 42.6 Å². The van der Waals surface area contributed by atoms with E-state index < -0.39 is 36.5 Å². The minimum Gasteiger partial charge on any atom is -0.494 e. The zero-order chi connectivity index (χ0) is 25.8. The number of hydrogen-bond acceptors (Lipinski definition) is 7. The first kappa shape index (κ1) is 26.9. The first-order valence-electron chi connectivity index (χ1n) is 12.4. The lowest BCUT2D eigenvalue weighted by molar-refractivity contribution is -0.228. The number of ether oxygens (including phenoxy) is 2. The van der Waals surface area contributed by atoms with Crippen LogP contribution in [0.15, 0.2) is 42.5 Å². The highest BCUT2D eigenvalue weighted by molar-refractivity contribution is 6.31. The van der Waals surface area contributed by atoms with Gasteiger partial charge in [0.05, 0.1) is 18.6 Å². The van der Waals surface area contributed by atoms with Gasteiger partial charge in [0.15, 0.2) is 0 Å². The molecule has 2 saturated heterocycles. The van der Waals surface area contributed by atoms with Crippen LogP contribution in [0.2, 0.25) is 5.02 Å². The predicted octanol–water partition coefficient (Wildman–Crippen LogP) is 2.65. The van der Waals surface area contributed by atoms with Crippen molar-refractivity contribution in [2.45, 2.75) is 56.7 Å². The Kier molecular flexibility index (Phi) is 8.87. The van der Waals surface area contributed by atoms with Crippen molar-refractivity contribution in [1.82, 2.24) is 4.90 Å². The molecule has 2 heterocycles. The molecule has 8 nitrogen and oxygen atoms in total. The minimum atomic E-state index is -1.38. The summed E-state index contributed by atoms with van der Waals surface area (Å²) >= 11 is 6.48. The SMILES string of the molecule is CCOc1ccc(Cc2cc([C@@H]3O[C@H](CN4CCC(C(=O)O)CC4)[C@@H](O)[C@H](O)[C@H]3O)ccc2Cl)cc1. The van der Waals surface area contributed by atoms with Crippen LogP contribution in [0.5, 0.6) is 5.75 Å². The van der Waals surface area contributed by atoms with Crippen LogP contribution in [0, 0.1) is 5.92 Å². The summed E-state index contributed by atoms with van der Waals surface area (Å²) in [6, 6.07) is 13.1. The number of aliphatic carboxylic acids is 1. The van der Waals surface area contributed by atoms with Crippen LogP contribution in [0.25, 0.3) is 0 Å². The molecule has 0 aliphatic carbocycles. The van der Waals surface area contributed by atoms with Gasteiger partial charge in [0.25, 0.3) is 0 Å². The largest absolute Gasteiger partial charge is 0.494 e. The van der Waals surface area contributed by atoms with Gasteiger partial charge in [0.2, 0.25) is 0 Å². The Bertz CT molecular complexity index is 1030. The smallest absolute Gasteiger partial charge is 0.306 e. The third-order valence-electron chi connectivity index (χ3n) is 7.11. The number of likely N-dealkylation sites (tertiary alicyclic amines) is 1. The first-order chi connectivity index (χ1) is 17.3. The maximum Gasteiger partial charge on any atom is 0.306 e. The lowest BCUT2D eigenvalue weighted by Gasteiger charge is -2.43. The average Bonchev–Trinajstić information content (AvgIpc) is 2.87. The van der Waals surface area contributed by atoms with Gasteiger partial charge in [0.1, 0.15) is 30.2 Å². The summed E-state index contributed by atoms with van der Waals surface area (Å²) in [5, 5.41) is 41.8. The van der Waals surface area contributed by atoms with Gasteiger partial charge in [-0.05, 0) is 74.2 Å². The molecule has 196 valence electrons. The minimum absolute atomic E-state index is 0.334. The van der Waals surface area contributed by atoms with E-state index in [1.54, 1.807) is 12.1 Å². The van der Waals surface area contributed by atoms with Crippen molar-refractivity contribution in [2.24, 2.45) is 5.92 Å². The summed E-state index contributed by atoms with van der Waals surface area (Å²) in [4.78, 5) is 13.3. The van der Waals surface area contributed by atoms with Crippen molar-refractivity contribution in [2.75, 3.05) is 26.2 Å². The number of benzene rings is 2. The van der Waals surface area contributed by atoms with Crippen molar-refractivity contribution in [3.05, 3.63) is 64.2 Å². The van der Waals surface area contributed by atoms with E-state index in [9.17, 15) is 25.2 Å². The van der Waals surface area contributed by atoms with Gasteiger partial charge in [-0.1, -0.05) is 35.9 Å². The van der Waals surface area contributed by atoms with Gasteiger partial charge in [-0.2, -0.15) is 0 Å². The van der Waals surface area contributed by atoms with Crippen LogP contribution >= 0.6 is 11.6 Å². The molecule has 0 radical (unpaired) electrons. The quantitative estimate of drug-likeness (QED) is 0.420. The molecule has 36 heavy (non-hydrogen) atoms. The van der Waals surface area contributed by atoms with Crippen LogP contribution < -0.4 is 4.74 Å². The standard InChI is InChI=1S/C27H34ClNO7/c1-2-35-20-6-3-16(4-7-20)13-19-14-18(5-8-21(19)28)26-25(32)24(31)23(30)22(36-26)15-29-11-9-17(10-12-29)27(33)34/h3-8,14,17,22-26,30-32H,2,9-13,15H2,1H3,(H,33,34)/t22-,23-,24+,25-,26+/m1/s1. The Hall–Kier alpha value is -2.20. The molecule has 0 aromatic heterocycles. The third kappa shape index (κ3) is 6.19. The van der Waals surface area contributed by atoms with Crippen molar-refractivity contribution in [1.29, 1.82) is 0 Å². The number of aliphatic hydroxyl groups is 3. The molecule has 0 saturated carbocycles. The highest BCUT2D eigenvalue weighted by Crippen LogP contribution is 2.35. The Morgan fingerprint density at radius 1 is 1.06 bits per heavy atom. The van der Waals surface area contributed by atoms with Crippen LogP contribution in [-0.4, -0.2) is 82.0 Å². The van der Waals surface area contributed by atoms with Gasteiger partial charge >= 0.3 is 5.97 Å². The molecule has 2 aliphatic rings. The van der Waals surface area contributed by atoms with E-state index in [1.165, 1.54) is 0 Å². The normalized spacial score (nSPS) is 27.6. The van der Waals surface area contributed by atoms with E-state index in [-0.39, 0.29) is 5.92 Å². The molecule has 4 rings (SSSR count). The lowest BCUT2D eigenvalue weighted by Crippen LogP contribution is -2.57. The number of piperidine rings is 1. The second kappa shape index (κ2) is 11.9. The topological polar surface area (TPSA) is 120 Å². The second-order valence-corrected chi connectivity index (χ2v) is 9.99. The average molecular weight is 520 g/mol. The van der Waals surface area contributed by atoms with Crippen molar-refractivity contribution >= 4 is 17.6 Å². The molecule has 0 spiro atoms. The van der Waals surface area contributed by atoms with E-state index in [0.29, 0.717) is 56.1 Å². The molecule has 2 fully saturated rings. The zero-order valence-electron chi connectivity index (χ0n) is 20.3. The number of carboxylic acids is 1. The van der Waals surface area contributed by atoms with Gasteiger partial charge in [0, 0.05) is 11.6 Å². The van der Waals surface area contributed by atoms with Gasteiger partial charge in [-0.25, -0.2) is 0 Å². The molecule has 0 amide bonds. The zero-order valence-corrected chi connectivity index (χ0v) is 21.1. The van der Waals surface area contributed by atoms with Crippen LogP contribution in [-0.2, 0) is 16.0 Å². The van der Waals surface area contributed by atoms with Gasteiger partial charge in [-0.3, -0.25) is 4.79 Å². The fourth-order valence-electron chi connectivity index (χ4n) is 4.99. The summed E-state index contributed by atoms with van der Waals surface area (Å²) in [6.07, 6.45) is -3.92. The van der Waals surface area contributed by atoms with E-state index in [0.717, 1.165) is 16.9 Å². The third-order valence-corrected chi connectivity index (χ3v) is 7.48. The maximum absolute atomic E-state index is 11.2. The van der Waals surface area contributed by atoms with E-state index in [1.807, 2.05) is 42.2 Å². The fourth-order valence-corrected chi connectivity index (χ4v) is 5.18. The van der Waals surface area contributed by atoms with Crippen molar-refractivity contribution < 1.29 is 34.7 Å². The Balaban J connectivity index is 1.47. The molecule has 5 atom stereocenters. The molecular formula is C27H34ClNO7. The second-order valence-electron chi connectivity index (χ2n) is 9.58. The summed E-state index contributed by atoms with van der Waals surface area (Å²) in [6.45, 7) is 4.00. The number of carboxylic acid groups (broad SMARTS) is 1. The molecule has 4 N–H and O–H groups in total. The number of carbonyl (C=O) groups is 1. The monoisotopic (exact) mass is 519 g/mol.